The summed E-state index contributed by atoms with van der Waals surface area (Å²) in [5, 5.41) is 0. The Kier molecular flexibility index (Phi) is 16.9. The number of hydrogen-bond acceptors (Lipinski definition) is 3. The van der Waals surface area contributed by atoms with E-state index >= 15 is 4.39 Å². The van der Waals surface area contributed by atoms with Crippen molar-refractivity contribution in [2.75, 3.05) is 13.7 Å². The van der Waals surface area contributed by atoms with Crippen molar-refractivity contribution in [3.05, 3.63) is 39.2 Å². The predicted molar refractivity (Wildman–Crippen MR) is 162 cm³/mol. The molecule has 6 heteroatoms. The zero-order valence-corrected chi connectivity index (χ0v) is 29.3. The van der Waals surface area contributed by atoms with Gasteiger partial charge in [0.15, 0.2) is 0 Å². The number of halogens is 1. The molecule has 1 unspecified atom stereocenters. The van der Waals surface area contributed by atoms with Crippen molar-refractivity contribution in [3.63, 3.8) is 0 Å². The molecule has 0 aliphatic heterocycles. The van der Waals surface area contributed by atoms with Gasteiger partial charge in [-0.3, -0.25) is 0 Å². The molecule has 0 heterocycles. The molecule has 1 rings (SSSR count). The van der Waals surface area contributed by atoms with E-state index < -0.39 is 27.4 Å². The molecule has 0 saturated heterocycles. The van der Waals surface area contributed by atoms with Crippen molar-refractivity contribution in [2.45, 2.75) is 126 Å². The Hall–Kier alpha value is -0.374. The van der Waals surface area contributed by atoms with Crippen LogP contribution < -0.4 is 4.74 Å². The van der Waals surface area contributed by atoms with E-state index in [2.05, 4.69) is 54.6 Å². The minimum atomic E-state index is -3.24. The Morgan fingerprint density at radius 2 is 1.43 bits per heavy atom. The van der Waals surface area contributed by atoms with Gasteiger partial charge < -0.3 is 0 Å². The third kappa shape index (κ3) is 12.1. The summed E-state index contributed by atoms with van der Waals surface area (Å²) in [4.78, 5) is 0. The summed E-state index contributed by atoms with van der Waals surface area (Å²) < 4.78 is 39.0. The molecule has 37 heavy (non-hydrogen) atoms. The van der Waals surface area contributed by atoms with Gasteiger partial charge in [0.2, 0.25) is 0 Å². The normalized spacial score (nSPS) is 14.1. The molecule has 1 atom stereocenters. The summed E-state index contributed by atoms with van der Waals surface area (Å²) >= 11 is -3.24. The molecular formula is C31H56FO3SiSn. The van der Waals surface area contributed by atoms with Crippen molar-refractivity contribution in [3.8, 4) is 5.75 Å². The van der Waals surface area contributed by atoms with E-state index in [0.717, 1.165) is 68.7 Å². The zero-order valence-electron chi connectivity index (χ0n) is 25.5. The third-order valence-electron chi connectivity index (χ3n) is 7.17. The Bertz CT molecular complexity index is 752. The molecule has 1 radical (unpaired) electrons. The van der Waals surface area contributed by atoms with Crippen LogP contribution in [0.1, 0.15) is 92.1 Å². The molecule has 0 bridgehead atoms. The van der Waals surface area contributed by atoms with Crippen molar-refractivity contribution in [2.24, 2.45) is 5.41 Å². The average molecular weight is 643 g/mol. The van der Waals surface area contributed by atoms with E-state index in [1.54, 1.807) is 7.11 Å². The fourth-order valence-electron chi connectivity index (χ4n) is 5.05. The van der Waals surface area contributed by atoms with Crippen LogP contribution in [-0.2, 0) is 15.8 Å². The molecule has 0 spiro atoms. The van der Waals surface area contributed by atoms with Gasteiger partial charge in [0, 0.05) is 0 Å². The minimum absolute atomic E-state index is 0.164. The summed E-state index contributed by atoms with van der Waals surface area (Å²) in [5.74, 6) is 0.841. The quantitative estimate of drug-likeness (QED) is 0.111. The number of hydrogen-bond donors (Lipinski definition) is 0. The van der Waals surface area contributed by atoms with Crippen molar-refractivity contribution >= 4 is 27.4 Å². The Labute approximate surface area is 234 Å². The SMILES string of the molecule is CCC[CH2][Sn]([CH2]CCC)([CH2]CCC)/[C](F)=C(/CCOCc1ccc(OC)cc1)C(O[Si](C)C)C(C)(C)C. The second-order valence-electron chi connectivity index (χ2n) is 11.9. The molecule has 1 aromatic rings. The number of benzene rings is 1. The Morgan fingerprint density at radius 3 is 1.84 bits per heavy atom. The molecule has 0 saturated carbocycles. The van der Waals surface area contributed by atoms with Gasteiger partial charge in [0.1, 0.15) is 0 Å². The predicted octanol–water partition coefficient (Wildman–Crippen LogP) is 9.90. The van der Waals surface area contributed by atoms with Crippen LogP contribution in [0.4, 0.5) is 4.39 Å². The monoisotopic (exact) mass is 643 g/mol. The maximum absolute atomic E-state index is 17.3. The molecule has 0 N–H and O–H groups in total. The third-order valence-corrected chi connectivity index (χ3v) is 22.7. The summed E-state index contributed by atoms with van der Waals surface area (Å²) in [7, 11) is 0.677. The number of ether oxygens (including phenoxy) is 2. The van der Waals surface area contributed by atoms with E-state index in [-0.39, 0.29) is 11.5 Å². The van der Waals surface area contributed by atoms with Gasteiger partial charge in [-0.05, 0) is 0 Å². The second-order valence-corrected chi connectivity index (χ2v) is 26.7. The van der Waals surface area contributed by atoms with E-state index in [9.17, 15) is 0 Å². The Balaban J connectivity index is 3.39. The van der Waals surface area contributed by atoms with Crippen LogP contribution in [-0.4, -0.2) is 47.2 Å². The first-order valence-electron chi connectivity index (χ1n) is 14.6. The van der Waals surface area contributed by atoms with Crippen LogP contribution in [0.3, 0.4) is 0 Å². The summed E-state index contributed by atoms with van der Waals surface area (Å²) in [6, 6.07) is 7.97. The van der Waals surface area contributed by atoms with Crippen LogP contribution in [0, 0.1) is 5.41 Å². The van der Waals surface area contributed by atoms with Crippen LogP contribution in [0.25, 0.3) is 0 Å². The van der Waals surface area contributed by atoms with E-state index in [1.165, 1.54) is 0 Å². The van der Waals surface area contributed by atoms with Crippen molar-refractivity contribution in [1.29, 1.82) is 0 Å². The molecule has 1 aromatic carbocycles. The Morgan fingerprint density at radius 1 is 0.919 bits per heavy atom. The topological polar surface area (TPSA) is 27.7 Å². The zero-order chi connectivity index (χ0) is 27.9. The van der Waals surface area contributed by atoms with Gasteiger partial charge in [-0.2, -0.15) is 0 Å². The number of rotatable bonds is 19. The standard InChI is InChI=1S/C19H29FO3Si.3C4H9.Sn/c1-19(2,3)18(23-24(5)6)16(13-20)11-12-22-14-15-7-9-17(21-4)10-8-15;3*1-3-4-2;/h7-10,18H,11-12,14H2,1-6H3;3*1,3-4H2,2H3;. The second kappa shape index (κ2) is 18.1. The fraction of sp³-hybridized carbons (Fsp3) is 0.742. The number of methoxy groups -OCH3 is 1. The van der Waals surface area contributed by atoms with Crippen LogP contribution in [0.15, 0.2) is 33.7 Å². The molecule has 0 amide bonds. The van der Waals surface area contributed by atoms with Crippen molar-refractivity contribution in [1.82, 2.24) is 0 Å². The van der Waals surface area contributed by atoms with E-state index in [0.29, 0.717) is 23.5 Å². The molecule has 0 fully saturated rings. The van der Waals surface area contributed by atoms with Crippen LogP contribution in [0.5, 0.6) is 5.75 Å². The first kappa shape index (κ1) is 34.7. The number of unbranched alkanes of at least 4 members (excludes halogenated alkanes) is 3. The van der Waals surface area contributed by atoms with Gasteiger partial charge in [-0.25, -0.2) is 0 Å². The van der Waals surface area contributed by atoms with Crippen LogP contribution >= 0.6 is 0 Å². The van der Waals surface area contributed by atoms with Gasteiger partial charge in [-0.1, -0.05) is 0 Å². The molecule has 0 aromatic heterocycles. The van der Waals surface area contributed by atoms with Crippen LogP contribution in [0.2, 0.25) is 26.4 Å². The van der Waals surface area contributed by atoms with Crippen molar-refractivity contribution < 1.29 is 18.3 Å². The van der Waals surface area contributed by atoms with Gasteiger partial charge in [0.05, 0.1) is 0 Å². The van der Waals surface area contributed by atoms with Gasteiger partial charge in [0.25, 0.3) is 0 Å². The summed E-state index contributed by atoms with van der Waals surface area (Å²) in [6.07, 6.45) is 7.29. The molecule has 0 aliphatic carbocycles. The summed E-state index contributed by atoms with van der Waals surface area (Å²) in [6.45, 7) is 18.7. The molecule has 213 valence electrons. The maximum atomic E-state index is 17.3. The molecular weight excluding hydrogens is 586 g/mol. The van der Waals surface area contributed by atoms with Gasteiger partial charge in [-0.15, -0.1) is 0 Å². The summed E-state index contributed by atoms with van der Waals surface area (Å²) in [5.41, 5.74) is 1.88. The van der Waals surface area contributed by atoms with Gasteiger partial charge >= 0.3 is 235 Å². The van der Waals surface area contributed by atoms with E-state index in [1.807, 2.05) is 24.3 Å². The average Bonchev–Trinajstić information content (AvgIpc) is 2.86. The molecule has 3 nitrogen and oxygen atoms in total. The first-order chi connectivity index (χ1) is 17.5. The molecule has 0 aliphatic rings. The first-order valence-corrected chi connectivity index (χ1v) is 24.5. The fourth-order valence-corrected chi connectivity index (χ4v) is 21.5. The van der Waals surface area contributed by atoms with E-state index in [4.69, 9.17) is 13.9 Å².